The van der Waals surface area contributed by atoms with Crippen LogP contribution >= 0.6 is 23.2 Å². The fourth-order valence-corrected chi connectivity index (χ4v) is 2.27. The lowest BCUT2D eigenvalue weighted by molar-refractivity contribution is 0.199. The maximum Gasteiger partial charge on any atom is 0.0661 e. The molecule has 0 fully saturated rings. The minimum absolute atomic E-state index is 0.536. The van der Waals surface area contributed by atoms with Gasteiger partial charge < -0.3 is 10.1 Å². The summed E-state index contributed by atoms with van der Waals surface area (Å²) in [6.07, 6.45) is 5.96. The average molecular weight is 328 g/mol. The third kappa shape index (κ3) is 5.00. The number of aromatic nitrogens is 2. The van der Waals surface area contributed by atoms with E-state index in [9.17, 15) is 0 Å². The van der Waals surface area contributed by atoms with Crippen LogP contribution < -0.4 is 5.32 Å². The first-order valence-corrected chi connectivity index (χ1v) is 7.65. The van der Waals surface area contributed by atoms with Gasteiger partial charge in [0.05, 0.1) is 28.5 Å². The average Bonchev–Trinajstić information content (AvgIpc) is 2.94. The molecule has 114 valence electrons. The van der Waals surface area contributed by atoms with E-state index in [0.717, 1.165) is 38.2 Å². The summed E-state index contributed by atoms with van der Waals surface area (Å²) in [5, 5.41) is 8.77. The van der Waals surface area contributed by atoms with E-state index in [1.807, 2.05) is 29.2 Å². The molecule has 0 aliphatic carbocycles. The third-order valence-electron chi connectivity index (χ3n) is 3.11. The molecule has 0 atom stereocenters. The third-order valence-corrected chi connectivity index (χ3v) is 3.84. The highest BCUT2D eigenvalue weighted by Crippen LogP contribution is 2.24. The van der Waals surface area contributed by atoms with Crippen LogP contribution in [0.3, 0.4) is 0 Å². The van der Waals surface area contributed by atoms with Gasteiger partial charge in [-0.05, 0) is 43.1 Å². The highest BCUT2D eigenvalue weighted by molar-refractivity contribution is 6.42. The van der Waals surface area contributed by atoms with Crippen LogP contribution in [0, 0.1) is 0 Å². The summed E-state index contributed by atoms with van der Waals surface area (Å²) >= 11 is 11.9. The number of nitrogens with zero attached hydrogens (tertiary/aromatic N) is 2. The van der Waals surface area contributed by atoms with Gasteiger partial charge in [0.2, 0.25) is 0 Å². The molecule has 0 radical (unpaired) electrons. The quantitative estimate of drug-likeness (QED) is 0.756. The lowest BCUT2D eigenvalue weighted by Gasteiger charge is -2.03. The Hall–Kier alpha value is -1.07. The molecule has 0 saturated carbocycles. The van der Waals surface area contributed by atoms with Gasteiger partial charge in [-0.2, -0.15) is 5.10 Å². The smallest absolute Gasteiger partial charge is 0.0661 e. The molecule has 21 heavy (non-hydrogen) atoms. The molecular formula is C15H19Cl2N3O. The van der Waals surface area contributed by atoms with Crippen LogP contribution in [-0.2, 0) is 11.2 Å². The maximum absolute atomic E-state index is 6.02. The predicted octanol–water partition coefficient (Wildman–Crippen LogP) is 3.35. The van der Waals surface area contributed by atoms with Crippen molar-refractivity contribution in [3.05, 3.63) is 46.2 Å². The molecule has 2 rings (SSSR count). The number of methoxy groups -OCH3 is 1. The summed E-state index contributed by atoms with van der Waals surface area (Å²) in [7, 11) is 1.71. The van der Waals surface area contributed by atoms with E-state index in [0.29, 0.717) is 10.0 Å². The number of hydrogen-bond donors (Lipinski definition) is 1. The molecule has 0 unspecified atom stereocenters. The summed E-state index contributed by atoms with van der Waals surface area (Å²) in [5.74, 6) is 0. The fourth-order valence-electron chi connectivity index (χ4n) is 1.97. The number of nitrogens with one attached hydrogen (secondary N) is 1. The Kier molecular flexibility index (Phi) is 6.51. The maximum atomic E-state index is 6.02. The van der Waals surface area contributed by atoms with Gasteiger partial charge in [-0.1, -0.05) is 23.2 Å². The molecule has 0 saturated heterocycles. The normalized spacial score (nSPS) is 11.0. The molecule has 4 nitrogen and oxygen atoms in total. The molecule has 1 heterocycles. The van der Waals surface area contributed by atoms with E-state index in [4.69, 9.17) is 27.9 Å². The standard InChI is InChI=1S/C15H19Cl2N3O/c1-21-8-7-18-6-2-3-12-10-19-20(11-12)13-4-5-14(16)15(17)9-13/h4-5,9-11,18H,2-3,6-8H2,1H3. The van der Waals surface area contributed by atoms with Gasteiger partial charge in [0.1, 0.15) is 0 Å². The Morgan fingerprint density at radius 2 is 2.10 bits per heavy atom. The molecule has 0 bridgehead atoms. The number of halogens is 2. The van der Waals surface area contributed by atoms with Crippen molar-refractivity contribution in [2.75, 3.05) is 26.8 Å². The van der Waals surface area contributed by atoms with Crippen molar-refractivity contribution in [3.63, 3.8) is 0 Å². The number of rotatable bonds is 8. The van der Waals surface area contributed by atoms with Crippen LogP contribution in [0.15, 0.2) is 30.6 Å². The van der Waals surface area contributed by atoms with Crippen molar-refractivity contribution >= 4 is 23.2 Å². The summed E-state index contributed by atoms with van der Waals surface area (Å²) in [6.45, 7) is 2.61. The van der Waals surface area contributed by atoms with Crippen molar-refractivity contribution in [1.29, 1.82) is 0 Å². The number of hydrogen-bond acceptors (Lipinski definition) is 3. The van der Waals surface area contributed by atoms with Gasteiger partial charge in [0.15, 0.2) is 0 Å². The summed E-state index contributed by atoms with van der Waals surface area (Å²) in [4.78, 5) is 0. The van der Waals surface area contributed by atoms with E-state index < -0.39 is 0 Å². The Morgan fingerprint density at radius 3 is 2.86 bits per heavy atom. The Morgan fingerprint density at radius 1 is 1.24 bits per heavy atom. The second-order valence-corrected chi connectivity index (χ2v) is 5.55. The van der Waals surface area contributed by atoms with Crippen LogP contribution in [0.1, 0.15) is 12.0 Å². The van der Waals surface area contributed by atoms with Gasteiger partial charge in [-0.25, -0.2) is 4.68 Å². The van der Waals surface area contributed by atoms with E-state index >= 15 is 0 Å². The van der Waals surface area contributed by atoms with E-state index in [2.05, 4.69) is 10.4 Å². The molecular weight excluding hydrogens is 309 g/mol. The van der Waals surface area contributed by atoms with Crippen molar-refractivity contribution < 1.29 is 4.74 Å². The summed E-state index contributed by atoms with van der Waals surface area (Å²) in [6, 6.07) is 5.49. The summed E-state index contributed by atoms with van der Waals surface area (Å²) < 4.78 is 6.80. The lowest BCUT2D eigenvalue weighted by Crippen LogP contribution is -2.20. The topological polar surface area (TPSA) is 39.1 Å². The van der Waals surface area contributed by atoms with Crippen LogP contribution in [0.25, 0.3) is 5.69 Å². The van der Waals surface area contributed by atoms with Gasteiger partial charge >= 0.3 is 0 Å². The lowest BCUT2D eigenvalue weighted by atomic mass is 10.2. The van der Waals surface area contributed by atoms with E-state index in [1.165, 1.54) is 5.56 Å². The van der Waals surface area contributed by atoms with Gasteiger partial charge in [0.25, 0.3) is 0 Å². The second-order valence-electron chi connectivity index (χ2n) is 4.74. The van der Waals surface area contributed by atoms with Crippen LogP contribution in [0.2, 0.25) is 10.0 Å². The molecule has 1 N–H and O–H groups in total. The van der Waals surface area contributed by atoms with Crippen molar-refractivity contribution in [3.8, 4) is 5.69 Å². The van der Waals surface area contributed by atoms with Crippen LogP contribution in [-0.4, -0.2) is 36.6 Å². The molecule has 6 heteroatoms. The van der Waals surface area contributed by atoms with Gasteiger partial charge in [0, 0.05) is 19.9 Å². The second kappa shape index (κ2) is 8.39. The Bertz CT molecular complexity index is 572. The Balaban J connectivity index is 1.85. The van der Waals surface area contributed by atoms with Crippen molar-refractivity contribution in [2.45, 2.75) is 12.8 Å². The SMILES string of the molecule is COCCNCCCc1cnn(-c2ccc(Cl)c(Cl)c2)c1. The molecule has 2 aromatic rings. The molecule has 0 spiro atoms. The number of aryl methyl sites for hydroxylation is 1. The summed E-state index contributed by atoms with van der Waals surface area (Å²) in [5.41, 5.74) is 2.11. The van der Waals surface area contributed by atoms with Crippen LogP contribution in [0.5, 0.6) is 0 Å². The molecule has 1 aromatic heterocycles. The molecule has 0 aliphatic heterocycles. The van der Waals surface area contributed by atoms with E-state index in [-0.39, 0.29) is 0 Å². The van der Waals surface area contributed by atoms with E-state index in [1.54, 1.807) is 13.2 Å². The zero-order valence-corrected chi connectivity index (χ0v) is 13.5. The number of ether oxygens (including phenoxy) is 1. The molecule has 0 amide bonds. The van der Waals surface area contributed by atoms with Crippen LogP contribution in [0.4, 0.5) is 0 Å². The molecule has 1 aromatic carbocycles. The highest BCUT2D eigenvalue weighted by Gasteiger charge is 2.04. The van der Waals surface area contributed by atoms with Gasteiger partial charge in [-0.15, -0.1) is 0 Å². The first-order chi connectivity index (χ1) is 10.2. The minimum Gasteiger partial charge on any atom is -0.383 e. The fraction of sp³-hybridized carbons (Fsp3) is 0.400. The minimum atomic E-state index is 0.536. The van der Waals surface area contributed by atoms with Gasteiger partial charge in [-0.3, -0.25) is 0 Å². The first-order valence-electron chi connectivity index (χ1n) is 6.89. The first kappa shape index (κ1) is 16.3. The molecule has 0 aliphatic rings. The zero-order valence-electron chi connectivity index (χ0n) is 12.0. The van der Waals surface area contributed by atoms with Crippen molar-refractivity contribution in [1.82, 2.24) is 15.1 Å². The Labute approximate surface area is 135 Å². The number of benzene rings is 1. The largest absolute Gasteiger partial charge is 0.383 e. The van der Waals surface area contributed by atoms with Crippen molar-refractivity contribution in [2.24, 2.45) is 0 Å². The zero-order chi connectivity index (χ0) is 15.1. The predicted molar refractivity (Wildman–Crippen MR) is 86.7 cm³/mol. The monoisotopic (exact) mass is 327 g/mol. The highest BCUT2D eigenvalue weighted by atomic mass is 35.5.